The third-order valence-corrected chi connectivity index (χ3v) is 2.84. The molecule has 4 nitrogen and oxygen atoms in total. The van der Waals surface area contributed by atoms with Crippen LogP contribution in [0.25, 0.3) is 0 Å². The summed E-state index contributed by atoms with van der Waals surface area (Å²) in [7, 11) is 0. The number of benzene rings is 1. The number of carboxylic acid groups (broad SMARTS) is 1. The number of aliphatic carboxylic acids is 1. The lowest BCUT2D eigenvalue weighted by Gasteiger charge is -2.04. The first-order chi connectivity index (χ1) is 7.08. The molecule has 1 aliphatic heterocycles. The van der Waals surface area contributed by atoms with Gasteiger partial charge in [-0.2, -0.15) is 0 Å². The number of hydrogen-bond acceptors (Lipinski definition) is 2. The molecule has 1 unspecified atom stereocenters. The molecule has 78 valence electrons. The van der Waals surface area contributed by atoms with Crippen LogP contribution in [-0.4, -0.2) is 17.0 Å². The molecule has 1 atom stereocenters. The van der Waals surface area contributed by atoms with E-state index in [-0.39, 0.29) is 12.3 Å². The summed E-state index contributed by atoms with van der Waals surface area (Å²) in [6, 6.07) is 5.35. The molecule has 0 fully saturated rings. The van der Waals surface area contributed by atoms with Gasteiger partial charge in [-0.25, -0.2) is 0 Å². The minimum absolute atomic E-state index is 0.171. The fraction of sp³-hybridized carbons (Fsp3) is 0.200. The largest absolute Gasteiger partial charge is 0.481 e. The van der Waals surface area contributed by atoms with E-state index in [1.165, 1.54) is 0 Å². The summed E-state index contributed by atoms with van der Waals surface area (Å²) >= 11 is 3.29. The van der Waals surface area contributed by atoms with Crippen LogP contribution < -0.4 is 5.32 Å². The maximum absolute atomic E-state index is 11.5. The van der Waals surface area contributed by atoms with Gasteiger partial charge in [0.1, 0.15) is 0 Å². The predicted octanol–water partition coefficient (Wildman–Crippen LogP) is 1.96. The first kappa shape index (κ1) is 10.2. The minimum atomic E-state index is -0.969. The first-order valence-electron chi connectivity index (χ1n) is 4.40. The maximum Gasteiger partial charge on any atom is 0.304 e. The summed E-state index contributed by atoms with van der Waals surface area (Å²) in [5.74, 6) is -1.79. The summed E-state index contributed by atoms with van der Waals surface area (Å²) < 4.78 is 0.841. The van der Waals surface area contributed by atoms with Gasteiger partial charge in [0.15, 0.2) is 0 Å². The van der Waals surface area contributed by atoms with Gasteiger partial charge in [0.05, 0.1) is 12.3 Å². The molecule has 0 aromatic heterocycles. The lowest BCUT2D eigenvalue weighted by atomic mass is 9.97. The smallest absolute Gasteiger partial charge is 0.304 e. The van der Waals surface area contributed by atoms with Crippen LogP contribution in [0.15, 0.2) is 22.7 Å². The molecule has 0 radical (unpaired) electrons. The standard InChI is InChI=1S/C10H8BrNO3/c11-5-1-2-8-6(3-5)7(4-9(13)14)10(15)12-8/h1-3,7H,4H2,(H,12,15)(H,13,14). The third-order valence-electron chi connectivity index (χ3n) is 2.34. The Morgan fingerprint density at radius 1 is 1.53 bits per heavy atom. The summed E-state index contributed by atoms with van der Waals surface area (Å²) in [6.45, 7) is 0. The number of fused-ring (bicyclic) bond motifs is 1. The second-order valence-electron chi connectivity index (χ2n) is 3.37. The minimum Gasteiger partial charge on any atom is -0.481 e. The number of carboxylic acids is 1. The molecule has 1 aromatic carbocycles. The molecule has 0 saturated heterocycles. The van der Waals surface area contributed by atoms with Gasteiger partial charge in [-0.3, -0.25) is 9.59 Å². The van der Waals surface area contributed by atoms with Gasteiger partial charge in [-0.05, 0) is 23.8 Å². The van der Waals surface area contributed by atoms with Crippen LogP contribution in [0.1, 0.15) is 17.9 Å². The van der Waals surface area contributed by atoms with Gasteiger partial charge in [-0.1, -0.05) is 15.9 Å². The van der Waals surface area contributed by atoms with Gasteiger partial charge in [0, 0.05) is 10.2 Å². The highest BCUT2D eigenvalue weighted by atomic mass is 79.9. The van der Waals surface area contributed by atoms with Crippen LogP contribution in [0.4, 0.5) is 5.69 Å². The van der Waals surface area contributed by atoms with E-state index in [4.69, 9.17) is 5.11 Å². The summed E-state index contributed by atoms with van der Waals surface area (Å²) in [4.78, 5) is 22.1. The Morgan fingerprint density at radius 3 is 2.93 bits per heavy atom. The Balaban J connectivity index is 2.39. The molecule has 1 amide bonds. The second kappa shape index (κ2) is 3.66. The van der Waals surface area contributed by atoms with Crippen molar-refractivity contribution in [1.29, 1.82) is 0 Å². The fourth-order valence-electron chi connectivity index (χ4n) is 1.67. The van der Waals surface area contributed by atoms with Crippen molar-refractivity contribution in [3.63, 3.8) is 0 Å². The topological polar surface area (TPSA) is 66.4 Å². The van der Waals surface area contributed by atoms with Crippen LogP contribution in [0.3, 0.4) is 0 Å². The highest BCUT2D eigenvalue weighted by molar-refractivity contribution is 9.10. The molecule has 0 bridgehead atoms. The molecule has 1 aliphatic rings. The second-order valence-corrected chi connectivity index (χ2v) is 4.29. The van der Waals surface area contributed by atoms with E-state index >= 15 is 0 Å². The van der Waals surface area contributed by atoms with Gasteiger partial charge in [0.2, 0.25) is 5.91 Å². The number of nitrogens with one attached hydrogen (secondary N) is 1. The predicted molar refractivity (Wildman–Crippen MR) is 57.8 cm³/mol. The molecule has 1 aromatic rings. The SMILES string of the molecule is O=C(O)CC1C(=O)Nc2ccc(Br)cc21. The molecule has 15 heavy (non-hydrogen) atoms. The van der Waals surface area contributed by atoms with Crippen molar-refractivity contribution in [3.05, 3.63) is 28.2 Å². The van der Waals surface area contributed by atoms with Gasteiger partial charge in [-0.15, -0.1) is 0 Å². The molecular weight excluding hydrogens is 262 g/mol. The van der Waals surface area contributed by atoms with E-state index < -0.39 is 11.9 Å². The van der Waals surface area contributed by atoms with Crippen LogP contribution >= 0.6 is 15.9 Å². The Labute approximate surface area is 94.4 Å². The van der Waals surface area contributed by atoms with Crippen molar-refractivity contribution in [3.8, 4) is 0 Å². The monoisotopic (exact) mass is 269 g/mol. The molecule has 0 spiro atoms. The highest BCUT2D eigenvalue weighted by Crippen LogP contribution is 2.36. The molecule has 2 N–H and O–H groups in total. The summed E-state index contributed by atoms with van der Waals surface area (Å²) in [5, 5.41) is 11.4. The molecule has 0 aliphatic carbocycles. The van der Waals surface area contributed by atoms with E-state index in [9.17, 15) is 9.59 Å². The summed E-state index contributed by atoms with van der Waals surface area (Å²) in [5.41, 5.74) is 1.45. The van der Waals surface area contributed by atoms with E-state index in [1.54, 1.807) is 12.1 Å². The Hall–Kier alpha value is -1.36. The van der Waals surface area contributed by atoms with Gasteiger partial charge in [0.25, 0.3) is 0 Å². The molecule has 1 heterocycles. The van der Waals surface area contributed by atoms with E-state index in [1.807, 2.05) is 6.07 Å². The first-order valence-corrected chi connectivity index (χ1v) is 5.19. The normalized spacial score (nSPS) is 18.5. The molecule has 5 heteroatoms. The van der Waals surface area contributed by atoms with Crippen molar-refractivity contribution >= 4 is 33.5 Å². The third kappa shape index (κ3) is 1.87. The molecule has 2 rings (SSSR count). The van der Waals surface area contributed by atoms with Crippen LogP contribution in [0, 0.1) is 0 Å². The van der Waals surface area contributed by atoms with Crippen LogP contribution in [0.2, 0.25) is 0 Å². The Morgan fingerprint density at radius 2 is 2.27 bits per heavy atom. The van der Waals surface area contributed by atoms with Crippen molar-refractivity contribution < 1.29 is 14.7 Å². The van der Waals surface area contributed by atoms with Crippen molar-refractivity contribution in [2.75, 3.05) is 5.32 Å². The number of carbonyl (C=O) groups is 2. The highest BCUT2D eigenvalue weighted by Gasteiger charge is 2.32. The number of hydrogen-bond donors (Lipinski definition) is 2. The van der Waals surface area contributed by atoms with Gasteiger partial charge >= 0.3 is 5.97 Å². The van der Waals surface area contributed by atoms with E-state index in [0.717, 1.165) is 10.0 Å². The maximum atomic E-state index is 11.5. The lowest BCUT2D eigenvalue weighted by molar-refractivity contribution is -0.138. The quantitative estimate of drug-likeness (QED) is 0.863. The van der Waals surface area contributed by atoms with Crippen molar-refractivity contribution in [2.24, 2.45) is 0 Å². The zero-order valence-corrected chi connectivity index (χ0v) is 9.24. The number of rotatable bonds is 2. The van der Waals surface area contributed by atoms with Gasteiger partial charge < -0.3 is 10.4 Å². The van der Waals surface area contributed by atoms with Crippen LogP contribution in [-0.2, 0) is 9.59 Å². The number of anilines is 1. The Bertz CT molecular complexity index is 444. The van der Waals surface area contributed by atoms with Crippen molar-refractivity contribution in [2.45, 2.75) is 12.3 Å². The fourth-order valence-corrected chi connectivity index (χ4v) is 2.05. The van der Waals surface area contributed by atoms with E-state index in [0.29, 0.717) is 5.69 Å². The lowest BCUT2D eigenvalue weighted by Crippen LogP contribution is -2.15. The average molecular weight is 270 g/mol. The zero-order chi connectivity index (χ0) is 11.0. The van der Waals surface area contributed by atoms with E-state index in [2.05, 4.69) is 21.2 Å². The number of amides is 1. The summed E-state index contributed by atoms with van der Waals surface area (Å²) in [6.07, 6.45) is -0.171. The number of carbonyl (C=O) groups excluding carboxylic acids is 1. The molecule has 0 saturated carbocycles. The number of halogens is 1. The van der Waals surface area contributed by atoms with Crippen molar-refractivity contribution in [1.82, 2.24) is 0 Å². The van der Waals surface area contributed by atoms with Crippen LogP contribution in [0.5, 0.6) is 0 Å². The average Bonchev–Trinajstić information content (AvgIpc) is 2.43. The Kier molecular flexibility index (Phi) is 2.48. The zero-order valence-electron chi connectivity index (χ0n) is 7.66. The molecular formula is C10H8BrNO3.